The summed E-state index contributed by atoms with van der Waals surface area (Å²) in [5.41, 5.74) is 1.44. The maximum atomic E-state index is 12.5. The fraction of sp³-hybridized carbons (Fsp3) is 0.708. The minimum Gasteiger partial charge on any atom is -0.356 e. The lowest BCUT2D eigenvalue weighted by Gasteiger charge is -2.32. The molecule has 2 aliphatic rings. The molecule has 1 amide bonds. The molecule has 3 rings (SSSR count). The molecule has 1 N–H and O–H groups in total. The van der Waals surface area contributed by atoms with Gasteiger partial charge < -0.3 is 10.2 Å². The summed E-state index contributed by atoms with van der Waals surface area (Å²) >= 11 is 0. The Labute approximate surface area is 188 Å². The number of piperidine rings is 2. The summed E-state index contributed by atoms with van der Waals surface area (Å²) in [6.45, 7) is 6.71. The van der Waals surface area contributed by atoms with Gasteiger partial charge in [0.1, 0.15) is 0 Å². The number of likely N-dealkylation sites (tertiary alicyclic amines) is 1. The third kappa shape index (κ3) is 7.58. The summed E-state index contributed by atoms with van der Waals surface area (Å²) in [5, 5.41) is 3.05. The van der Waals surface area contributed by atoms with Crippen molar-refractivity contribution in [2.75, 3.05) is 45.0 Å². The van der Waals surface area contributed by atoms with Gasteiger partial charge >= 0.3 is 0 Å². The van der Waals surface area contributed by atoms with Gasteiger partial charge in [-0.15, -0.1) is 0 Å². The molecule has 0 aliphatic carbocycles. The topological polar surface area (TPSA) is 69.7 Å². The Hall–Kier alpha value is -1.44. The van der Waals surface area contributed by atoms with Crippen molar-refractivity contribution < 1.29 is 13.2 Å². The highest BCUT2D eigenvalue weighted by Crippen LogP contribution is 2.22. The largest absolute Gasteiger partial charge is 0.356 e. The molecular formula is C24H39N3O3S. The van der Waals surface area contributed by atoms with Crippen molar-refractivity contribution in [2.45, 2.75) is 51.9 Å². The highest BCUT2D eigenvalue weighted by Gasteiger charge is 2.31. The quantitative estimate of drug-likeness (QED) is 0.558. The van der Waals surface area contributed by atoms with Crippen molar-refractivity contribution in [3.05, 3.63) is 35.9 Å². The van der Waals surface area contributed by atoms with E-state index >= 15 is 0 Å². The van der Waals surface area contributed by atoms with Crippen LogP contribution in [0.2, 0.25) is 0 Å². The van der Waals surface area contributed by atoms with E-state index in [0.29, 0.717) is 26.1 Å². The molecule has 0 saturated carbocycles. The lowest BCUT2D eigenvalue weighted by atomic mass is 9.90. The van der Waals surface area contributed by atoms with Gasteiger partial charge in [-0.2, -0.15) is 0 Å². The van der Waals surface area contributed by atoms with Crippen LogP contribution in [0.4, 0.5) is 0 Å². The molecular weight excluding hydrogens is 410 g/mol. The molecule has 0 unspecified atom stereocenters. The van der Waals surface area contributed by atoms with Gasteiger partial charge in [-0.05, 0) is 76.1 Å². The summed E-state index contributed by atoms with van der Waals surface area (Å²) in [7, 11) is -3.22. The first kappa shape index (κ1) is 24.2. The van der Waals surface area contributed by atoms with Gasteiger partial charge in [0.2, 0.25) is 15.9 Å². The number of amides is 1. The number of carbonyl (C=O) groups excluding carboxylic acids is 1. The molecule has 2 heterocycles. The van der Waals surface area contributed by atoms with E-state index in [2.05, 4.69) is 40.5 Å². The molecule has 174 valence electrons. The molecule has 1 atom stereocenters. The SMILES string of the molecule is CCCS(=O)(=O)N1CCC[C@@H](C(=O)NCCCN2CCC(Cc3ccccc3)CC2)C1. The number of hydrogen-bond donors (Lipinski definition) is 1. The van der Waals surface area contributed by atoms with Crippen LogP contribution in [0.25, 0.3) is 0 Å². The second kappa shape index (κ2) is 12.0. The second-order valence-corrected chi connectivity index (χ2v) is 11.2. The van der Waals surface area contributed by atoms with E-state index in [1.807, 2.05) is 6.92 Å². The van der Waals surface area contributed by atoms with E-state index in [9.17, 15) is 13.2 Å². The summed E-state index contributed by atoms with van der Waals surface area (Å²) in [6, 6.07) is 10.8. The Morgan fingerprint density at radius 2 is 1.84 bits per heavy atom. The summed E-state index contributed by atoms with van der Waals surface area (Å²) in [5.74, 6) is 0.743. The third-order valence-corrected chi connectivity index (χ3v) is 8.68. The van der Waals surface area contributed by atoms with Crippen molar-refractivity contribution in [3.8, 4) is 0 Å². The van der Waals surface area contributed by atoms with Gasteiger partial charge in [-0.25, -0.2) is 12.7 Å². The van der Waals surface area contributed by atoms with E-state index in [4.69, 9.17) is 0 Å². The van der Waals surface area contributed by atoms with Crippen LogP contribution in [0.3, 0.4) is 0 Å². The molecule has 0 bridgehead atoms. The molecule has 7 heteroatoms. The smallest absolute Gasteiger partial charge is 0.224 e. The van der Waals surface area contributed by atoms with E-state index in [0.717, 1.165) is 44.8 Å². The molecule has 6 nitrogen and oxygen atoms in total. The number of hydrogen-bond acceptors (Lipinski definition) is 4. The summed E-state index contributed by atoms with van der Waals surface area (Å²) in [4.78, 5) is 15.1. The van der Waals surface area contributed by atoms with Gasteiger partial charge in [0.05, 0.1) is 11.7 Å². The van der Waals surface area contributed by atoms with Gasteiger partial charge in [-0.1, -0.05) is 37.3 Å². The lowest BCUT2D eigenvalue weighted by Crippen LogP contribution is -2.46. The average Bonchev–Trinajstić information content (AvgIpc) is 2.78. The highest BCUT2D eigenvalue weighted by atomic mass is 32.2. The van der Waals surface area contributed by atoms with E-state index < -0.39 is 10.0 Å². The van der Waals surface area contributed by atoms with Crippen LogP contribution in [0.1, 0.15) is 51.0 Å². The minimum atomic E-state index is -3.22. The highest BCUT2D eigenvalue weighted by molar-refractivity contribution is 7.89. The lowest BCUT2D eigenvalue weighted by molar-refractivity contribution is -0.126. The first-order chi connectivity index (χ1) is 15.0. The fourth-order valence-electron chi connectivity index (χ4n) is 4.82. The zero-order valence-electron chi connectivity index (χ0n) is 19.0. The number of rotatable bonds is 10. The van der Waals surface area contributed by atoms with Crippen molar-refractivity contribution in [2.24, 2.45) is 11.8 Å². The zero-order chi connectivity index (χ0) is 22.1. The molecule has 1 aromatic rings. The molecule has 0 radical (unpaired) electrons. The van der Waals surface area contributed by atoms with Crippen LogP contribution in [-0.4, -0.2) is 68.6 Å². The van der Waals surface area contributed by atoms with Gasteiger partial charge in [0.15, 0.2) is 0 Å². The zero-order valence-corrected chi connectivity index (χ0v) is 19.8. The number of nitrogens with zero attached hydrogens (tertiary/aromatic N) is 2. The van der Waals surface area contributed by atoms with Crippen LogP contribution < -0.4 is 5.32 Å². The standard InChI is InChI=1S/C24H39N3O3S/c1-2-18-31(29,30)27-15-6-10-23(20-27)24(28)25-13-7-14-26-16-11-22(12-17-26)19-21-8-4-3-5-9-21/h3-5,8-9,22-23H,2,6-7,10-20H2,1H3,(H,25,28)/t23-/m1/s1. The molecule has 0 aromatic heterocycles. The van der Waals surface area contributed by atoms with Crippen LogP contribution in [0.5, 0.6) is 0 Å². The molecule has 0 spiro atoms. The first-order valence-electron chi connectivity index (χ1n) is 12.0. The maximum absolute atomic E-state index is 12.5. The number of benzene rings is 1. The number of nitrogens with one attached hydrogen (secondary N) is 1. The van der Waals surface area contributed by atoms with Crippen molar-refractivity contribution >= 4 is 15.9 Å². The maximum Gasteiger partial charge on any atom is 0.224 e. The van der Waals surface area contributed by atoms with Gasteiger partial charge in [-0.3, -0.25) is 4.79 Å². The van der Waals surface area contributed by atoms with E-state index in [-0.39, 0.29) is 17.6 Å². The second-order valence-electron chi connectivity index (χ2n) is 9.13. The van der Waals surface area contributed by atoms with E-state index in [1.54, 1.807) is 0 Å². The number of carbonyl (C=O) groups is 1. The molecule has 31 heavy (non-hydrogen) atoms. The van der Waals surface area contributed by atoms with Crippen molar-refractivity contribution in [1.82, 2.24) is 14.5 Å². The van der Waals surface area contributed by atoms with E-state index in [1.165, 1.54) is 29.1 Å². The predicted octanol–water partition coefficient (Wildman–Crippen LogP) is 2.90. The predicted molar refractivity (Wildman–Crippen MR) is 125 cm³/mol. The third-order valence-electron chi connectivity index (χ3n) is 6.64. The fourth-order valence-corrected chi connectivity index (χ4v) is 6.40. The molecule has 1 aromatic carbocycles. The summed E-state index contributed by atoms with van der Waals surface area (Å²) < 4.78 is 26.1. The van der Waals surface area contributed by atoms with Crippen LogP contribution in [0.15, 0.2) is 30.3 Å². The molecule has 2 aliphatic heterocycles. The average molecular weight is 450 g/mol. The van der Waals surface area contributed by atoms with Gasteiger partial charge in [0, 0.05) is 19.6 Å². The first-order valence-corrected chi connectivity index (χ1v) is 13.6. The minimum absolute atomic E-state index is 0.0120. The summed E-state index contributed by atoms with van der Waals surface area (Å²) in [6.07, 6.45) is 6.75. The molecule has 2 saturated heterocycles. The Morgan fingerprint density at radius 3 is 2.55 bits per heavy atom. The molecule has 2 fully saturated rings. The Balaban J connectivity index is 1.31. The van der Waals surface area contributed by atoms with Gasteiger partial charge in [0.25, 0.3) is 0 Å². The van der Waals surface area contributed by atoms with Crippen LogP contribution in [0, 0.1) is 11.8 Å². The normalized spacial score (nSPS) is 21.8. The Bertz CT molecular complexity index is 777. The monoisotopic (exact) mass is 449 g/mol. The number of sulfonamides is 1. The Morgan fingerprint density at radius 1 is 1.10 bits per heavy atom. The Kier molecular flexibility index (Phi) is 9.35. The van der Waals surface area contributed by atoms with Crippen LogP contribution in [-0.2, 0) is 21.2 Å². The van der Waals surface area contributed by atoms with Crippen molar-refractivity contribution in [3.63, 3.8) is 0 Å². The van der Waals surface area contributed by atoms with Crippen LogP contribution >= 0.6 is 0 Å². The van der Waals surface area contributed by atoms with Crippen molar-refractivity contribution in [1.29, 1.82) is 0 Å².